The lowest BCUT2D eigenvalue weighted by Gasteiger charge is -2.25. The maximum atomic E-state index is 13.2. The SMILES string of the molecule is CCCN1C(=O)C(=O)/C(=C(/O)c2ccc(OCC)cc2OCC)C1c1ccc(OC)c(OC)c1. The second kappa shape index (κ2) is 11.0. The van der Waals surface area contributed by atoms with Crippen LogP contribution in [-0.2, 0) is 9.59 Å². The maximum Gasteiger partial charge on any atom is 0.295 e. The molecule has 1 atom stereocenters. The number of hydrogen-bond donors (Lipinski definition) is 1. The highest BCUT2D eigenvalue weighted by atomic mass is 16.5. The number of carbonyl (C=O) groups excluding carboxylic acids is 2. The van der Waals surface area contributed by atoms with Crippen molar-refractivity contribution in [2.75, 3.05) is 34.0 Å². The second-order valence-electron chi connectivity index (χ2n) is 7.63. The number of benzene rings is 2. The molecule has 2 aromatic rings. The van der Waals surface area contributed by atoms with Crippen LogP contribution < -0.4 is 18.9 Å². The largest absolute Gasteiger partial charge is 0.507 e. The van der Waals surface area contributed by atoms with Gasteiger partial charge in [0.05, 0.1) is 44.6 Å². The highest BCUT2D eigenvalue weighted by Gasteiger charge is 2.46. The average molecular weight is 470 g/mol. The predicted molar refractivity (Wildman–Crippen MR) is 128 cm³/mol. The fraction of sp³-hybridized carbons (Fsp3) is 0.385. The summed E-state index contributed by atoms with van der Waals surface area (Å²) in [5.74, 6) is 0.198. The molecule has 8 heteroatoms. The van der Waals surface area contributed by atoms with Crippen molar-refractivity contribution < 1.29 is 33.6 Å². The zero-order chi connectivity index (χ0) is 24.8. The first-order chi connectivity index (χ1) is 16.4. The number of rotatable bonds is 10. The van der Waals surface area contributed by atoms with E-state index in [0.717, 1.165) is 0 Å². The van der Waals surface area contributed by atoms with Crippen molar-refractivity contribution in [1.29, 1.82) is 0 Å². The Bertz CT molecular complexity index is 1090. The number of ketones is 1. The number of nitrogens with zero attached hydrogens (tertiary/aromatic N) is 1. The molecule has 0 spiro atoms. The van der Waals surface area contributed by atoms with Crippen molar-refractivity contribution in [3.8, 4) is 23.0 Å². The third-order valence-corrected chi connectivity index (χ3v) is 5.55. The van der Waals surface area contributed by atoms with Gasteiger partial charge in [-0.1, -0.05) is 13.0 Å². The first kappa shape index (κ1) is 25.0. The van der Waals surface area contributed by atoms with Crippen LogP contribution in [0.1, 0.15) is 44.4 Å². The van der Waals surface area contributed by atoms with Gasteiger partial charge in [-0.3, -0.25) is 9.59 Å². The summed E-state index contributed by atoms with van der Waals surface area (Å²) < 4.78 is 22.0. The minimum atomic E-state index is -0.791. The lowest BCUT2D eigenvalue weighted by molar-refractivity contribution is -0.139. The van der Waals surface area contributed by atoms with E-state index in [1.54, 1.807) is 36.4 Å². The molecule has 3 rings (SSSR count). The molecule has 1 aliphatic rings. The van der Waals surface area contributed by atoms with Crippen molar-refractivity contribution >= 4 is 17.4 Å². The molecule has 1 unspecified atom stereocenters. The Morgan fingerprint density at radius 1 is 0.912 bits per heavy atom. The molecule has 1 N–H and O–H groups in total. The molecule has 8 nitrogen and oxygen atoms in total. The molecular formula is C26H31NO7. The van der Waals surface area contributed by atoms with Gasteiger partial charge in [0.1, 0.15) is 17.3 Å². The van der Waals surface area contributed by atoms with Crippen molar-refractivity contribution in [3.05, 3.63) is 53.1 Å². The zero-order valence-electron chi connectivity index (χ0n) is 20.2. The van der Waals surface area contributed by atoms with E-state index >= 15 is 0 Å². The second-order valence-corrected chi connectivity index (χ2v) is 7.63. The number of hydrogen-bond acceptors (Lipinski definition) is 7. The number of aliphatic hydroxyl groups excluding tert-OH is 1. The normalized spacial score (nSPS) is 17.1. The van der Waals surface area contributed by atoms with Gasteiger partial charge in [-0.15, -0.1) is 0 Å². The van der Waals surface area contributed by atoms with Crippen LogP contribution in [0.3, 0.4) is 0 Å². The van der Waals surface area contributed by atoms with E-state index < -0.39 is 17.7 Å². The van der Waals surface area contributed by atoms with Crippen molar-refractivity contribution in [3.63, 3.8) is 0 Å². The van der Waals surface area contributed by atoms with Gasteiger partial charge in [0.15, 0.2) is 11.5 Å². The molecule has 0 aliphatic carbocycles. The smallest absolute Gasteiger partial charge is 0.295 e. The monoisotopic (exact) mass is 469 g/mol. The number of aliphatic hydroxyl groups is 1. The van der Waals surface area contributed by atoms with Crippen molar-refractivity contribution in [1.82, 2.24) is 4.90 Å². The van der Waals surface area contributed by atoms with Crippen LogP contribution >= 0.6 is 0 Å². The van der Waals surface area contributed by atoms with E-state index in [0.29, 0.717) is 60.3 Å². The number of carbonyl (C=O) groups is 2. The third-order valence-electron chi connectivity index (χ3n) is 5.55. The van der Waals surface area contributed by atoms with Crippen LogP contribution in [0.25, 0.3) is 5.76 Å². The number of methoxy groups -OCH3 is 2. The quantitative estimate of drug-likeness (QED) is 0.314. The minimum absolute atomic E-state index is 0.00390. The van der Waals surface area contributed by atoms with E-state index in [1.165, 1.54) is 19.1 Å². The number of likely N-dealkylation sites (tertiary alicyclic amines) is 1. The third kappa shape index (κ3) is 4.66. The molecule has 1 aliphatic heterocycles. The molecule has 1 heterocycles. The van der Waals surface area contributed by atoms with Crippen molar-refractivity contribution in [2.24, 2.45) is 0 Å². The lowest BCUT2D eigenvalue weighted by atomic mass is 9.94. The topological polar surface area (TPSA) is 94.5 Å². The van der Waals surface area contributed by atoms with Gasteiger partial charge in [0.25, 0.3) is 11.7 Å². The Morgan fingerprint density at radius 2 is 1.62 bits per heavy atom. The van der Waals surface area contributed by atoms with Gasteiger partial charge in [0, 0.05) is 12.6 Å². The maximum absolute atomic E-state index is 13.2. The highest BCUT2D eigenvalue weighted by molar-refractivity contribution is 6.46. The molecule has 0 saturated carbocycles. The van der Waals surface area contributed by atoms with Crippen LogP contribution in [0.2, 0.25) is 0 Å². The Labute approximate surface area is 199 Å². The molecule has 0 radical (unpaired) electrons. The first-order valence-corrected chi connectivity index (χ1v) is 11.3. The molecule has 1 saturated heterocycles. The first-order valence-electron chi connectivity index (χ1n) is 11.3. The van der Waals surface area contributed by atoms with Gasteiger partial charge in [-0.05, 0) is 50.1 Å². The number of amides is 1. The Morgan fingerprint density at radius 3 is 2.24 bits per heavy atom. The molecule has 0 aromatic heterocycles. The standard InChI is InChI=1S/C26H31NO7/c1-6-13-27-23(16-9-12-19(31-4)21(14-16)32-5)22(25(29)26(27)30)24(28)18-11-10-17(33-7-2)15-20(18)34-8-3/h9-12,14-15,23,28H,6-8,13H2,1-5H3/b24-22+. The predicted octanol–water partition coefficient (Wildman–Crippen LogP) is 4.33. The Balaban J connectivity index is 2.23. The molecule has 182 valence electrons. The van der Waals surface area contributed by atoms with E-state index in [4.69, 9.17) is 18.9 Å². The molecule has 34 heavy (non-hydrogen) atoms. The summed E-state index contributed by atoms with van der Waals surface area (Å²) in [5.41, 5.74) is 0.928. The summed E-state index contributed by atoms with van der Waals surface area (Å²) >= 11 is 0. The number of ether oxygens (including phenoxy) is 4. The van der Waals surface area contributed by atoms with E-state index in [2.05, 4.69) is 0 Å². The van der Waals surface area contributed by atoms with E-state index in [9.17, 15) is 14.7 Å². The lowest BCUT2D eigenvalue weighted by Crippen LogP contribution is -2.30. The summed E-state index contributed by atoms with van der Waals surface area (Å²) in [6.45, 7) is 6.78. The fourth-order valence-corrected chi connectivity index (χ4v) is 4.10. The van der Waals surface area contributed by atoms with Crippen LogP contribution in [0.4, 0.5) is 0 Å². The van der Waals surface area contributed by atoms with E-state index in [-0.39, 0.29) is 11.3 Å². The fourth-order valence-electron chi connectivity index (χ4n) is 4.10. The Kier molecular flexibility index (Phi) is 8.04. The van der Waals surface area contributed by atoms with Gasteiger partial charge in [-0.25, -0.2) is 0 Å². The minimum Gasteiger partial charge on any atom is -0.507 e. The van der Waals surface area contributed by atoms with Gasteiger partial charge >= 0.3 is 0 Å². The van der Waals surface area contributed by atoms with Crippen LogP contribution in [-0.4, -0.2) is 55.7 Å². The molecule has 0 bridgehead atoms. The Hall–Kier alpha value is -3.68. The van der Waals surface area contributed by atoms with Crippen LogP contribution in [0.5, 0.6) is 23.0 Å². The summed E-state index contributed by atoms with van der Waals surface area (Å²) in [5, 5.41) is 11.4. The number of Topliss-reactive ketones (excluding diaryl/α,β-unsaturated/α-hetero) is 1. The summed E-state index contributed by atoms with van der Waals surface area (Å²) in [6.07, 6.45) is 0.643. The van der Waals surface area contributed by atoms with E-state index in [1.807, 2.05) is 20.8 Å². The summed E-state index contributed by atoms with van der Waals surface area (Å²) in [7, 11) is 3.04. The van der Waals surface area contributed by atoms with Gasteiger partial charge < -0.3 is 29.0 Å². The van der Waals surface area contributed by atoms with Gasteiger partial charge in [0.2, 0.25) is 0 Å². The summed E-state index contributed by atoms with van der Waals surface area (Å²) in [6, 6.07) is 9.38. The highest BCUT2D eigenvalue weighted by Crippen LogP contribution is 2.43. The molecule has 2 aromatic carbocycles. The molecule has 1 fully saturated rings. The molecule has 1 amide bonds. The average Bonchev–Trinajstić information content (AvgIpc) is 3.09. The molecular weight excluding hydrogens is 438 g/mol. The van der Waals surface area contributed by atoms with Crippen LogP contribution in [0, 0.1) is 0 Å². The van der Waals surface area contributed by atoms with Crippen LogP contribution in [0.15, 0.2) is 42.0 Å². The summed E-state index contributed by atoms with van der Waals surface area (Å²) in [4.78, 5) is 27.6. The zero-order valence-corrected chi connectivity index (χ0v) is 20.2. The van der Waals surface area contributed by atoms with Gasteiger partial charge in [-0.2, -0.15) is 0 Å². The van der Waals surface area contributed by atoms with Crippen molar-refractivity contribution in [2.45, 2.75) is 33.2 Å².